The Bertz CT molecular complexity index is 436. The first-order valence-electron chi connectivity index (χ1n) is 5.83. The van der Waals surface area contributed by atoms with Crippen molar-refractivity contribution in [1.29, 1.82) is 0 Å². The Morgan fingerprint density at radius 2 is 2.29 bits per heavy atom. The molecule has 2 bridgehead atoms. The van der Waals surface area contributed by atoms with Crippen molar-refractivity contribution < 1.29 is 4.92 Å². The molecule has 0 radical (unpaired) electrons. The van der Waals surface area contributed by atoms with Crippen LogP contribution in [0.3, 0.4) is 0 Å². The third-order valence-corrected chi connectivity index (χ3v) is 4.46. The molecule has 6 nitrogen and oxygen atoms in total. The monoisotopic (exact) mass is 254 g/mol. The molecule has 7 heteroatoms. The van der Waals surface area contributed by atoms with Gasteiger partial charge in [-0.2, -0.15) is 0 Å². The minimum absolute atomic E-state index is 0.127. The lowest BCUT2D eigenvalue weighted by Crippen LogP contribution is -2.35. The van der Waals surface area contributed by atoms with Gasteiger partial charge in [0.15, 0.2) is 5.13 Å². The summed E-state index contributed by atoms with van der Waals surface area (Å²) in [7, 11) is 0. The van der Waals surface area contributed by atoms with Crippen molar-refractivity contribution in [2.75, 3.05) is 18.0 Å². The predicted octanol–water partition coefficient (Wildman–Crippen LogP) is 1.38. The second kappa shape index (κ2) is 4.23. The van der Waals surface area contributed by atoms with Crippen LogP contribution in [0.25, 0.3) is 0 Å². The Kier molecular flexibility index (Phi) is 2.71. The van der Waals surface area contributed by atoms with Gasteiger partial charge in [-0.05, 0) is 30.6 Å². The Hall–Kier alpha value is -1.21. The van der Waals surface area contributed by atoms with Gasteiger partial charge in [-0.25, -0.2) is 4.98 Å². The molecule has 3 heterocycles. The average Bonchev–Trinajstić information content (AvgIpc) is 2.86. The zero-order valence-corrected chi connectivity index (χ0v) is 10.2. The highest BCUT2D eigenvalue weighted by Gasteiger charge is 2.30. The summed E-state index contributed by atoms with van der Waals surface area (Å²) in [5.41, 5.74) is 0. The number of rotatable bonds is 2. The van der Waals surface area contributed by atoms with E-state index in [0.717, 1.165) is 24.6 Å². The molecule has 2 aliphatic rings. The predicted molar refractivity (Wildman–Crippen MR) is 65.5 cm³/mol. The molecule has 1 aromatic heterocycles. The number of nitrogens with one attached hydrogen (secondary N) is 1. The fourth-order valence-electron chi connectivity index (χ4n) is 2.60. The molecule has 92 valence electrons. The number of hydrogen-bond acceptors (Lipinski definition) is 6. The molecule has 2 unspecified atom stereocenters. The van der Waals surface area contributed by atoms with Crippen LogP contribution in [0.1, 0.15) is 19.3 Å². The quantitative estimate of drug-likeness (QED) is 0.637. The van der Waals surface area contributed by atoms with Crippen molar-refractivity contribution in [1.82, 2.24) is 10.3 Å². The van der Waals surface area contributed by atoms with Crippen LogP contribution in [0.5, 0.6) is 0 Å². The number of anilines is 1. The first-order chi connectivity index (χ1) is 8.22. The van der Waals surface area contributed by atoms with Crippen LogP contribution >= 0.6 is 11.3 Å². The van der Waals surface area contributed by atoms with E-state index in [0.29, 0.717) is 12.1 Å². The molecule has 0 spiro atoms. The molecule has 3 rings (SSSR count). The number of nitro groups is 1. The Morgan fingerprint density at radius 1 is 1.47 bits per heavy atom. The van der Waals surface area contributed by atoms with Crippen molar-refractivity contribution in [3.63, 3.8) is 0 Å². The fraction of sp³-hybridized carbons (Fsp3) is 0.700. The zero-order chi connectivity index (χ0) is 11.8. The molecule has 0 aromatic carbocycles. The van der Waals surface area contributed by atoms with Crippen LogP contribution in [0.4, 0.5) is 10.1 Å². The number of hydrogen-bond donors (Lipinski definition) is 1. The van der Waals surface area contributed by atoms with Gasteiger partial charge < -0.3 is 10.2 Å². The van der Waals surface area contributed by atoms with Crippen LogP contribution in [-0.4, -0.2) is 35.1 Å². The largest absolute Gasteiger partial charge is 0.346 e. The van der Waals surface area contributed by atoms with E-state index >= 15 is 0 Å². The zero-order valence-electron chi connectivity index (χ0n) is 9.33. The normalized spacial score (nSPS) is 28.1. The van der Waals surface area contributed by atoms with E-state index in [4.69, 9.17) is 0 Å². The minimum atomic E-state index is -0.372. The highest BCUT2D eigenvalue weighted by atomic mass is 32.1. The Morgan fingerprint density at radius 3 is 3.06 bits per heavy atom. The summed E-state index contributed by atoms with van der Waals surface area (Å²) in [6.07, 6.45) is 4.92. The summed E-state index contributed by atoms with van der Waals surface area (Å²) >= 11 is 1.17. The highest BCUT2D eigenvalue weighted by Crippen LogP contribution is 2.31. The average molecular weight is 254 g/mol. The lowest BCUT2D eigenvalue weighted by atomic mass is 10.1. The molecule has 1 aromatic rings. The molecule has 0 aliphatic carbocycles. The SMILES string of the molecule is O=[N+]([O-])c1cnc(N2CCC3CCC(C2)N3)s1. The fourth-order valence-corrected chi connectivity index (χ4v) is 3.37. The first-order valence-corrected chi connectivity index (χ1v) is 6.65. The smallest absolute Gasteiger partial charge is 0.345 e. The van der Waals surface area contributed by atoms with Crippen LogP contribution < -0.4 is 10.2 Å². The van der Waals surface area contributed by atoms with Crippen LogP contribution in [0, 0.1) is 10.1 Å². The molecule has 17 heavy (non-hydrogen) atoms. The third kappa shape index (κ3) is 2.12. The number of aromatic nitrogens is 1. The molecular formula is C10H14N4O2S. The van der Waals surface area contributed by atoms with Crippen LogP contribution in [0.15, 0.2) is 6.20 Å². The molecule has 2 fully saturated rings. The van der Waals surface area contributed by atoms with Gasteiger partial charge in [0.2, 0.25) is 0 Å². The topological polar surface area (TPSA) is 71.3 Å². The molecule has 1 N–H and O–H groups in total. The molecule has 2 saturated heterocycles. The summed E-state index contributed by atoms with van der Waals surface area (Å²) in [5.74, 6) is 0. The first kappa shape index (κ1) is 10.9. The van der Waals surface area contributed by atoms with Gasteiger partial charge in [0.1, 0.15) is 6.20 Å². The van der Waals surface area contributed by atoms with Gasteiger partial charge in [0.05, 0.1) is 4.92 Å². The summed E-state index contributed by atoms with van der Waals surface area (Å²) in [4.78, 5) is 16.6. The van der Waals surface area contributed by atoms with E-state index in [1.165, 1.54) is 30.4 Å². The van der Waals surface area contributed by atoms with Gasteiger partial charge in [-0.3, -0.25) is 10.1 Å². The van der Waals surface area contributed by atoms with E-state index in [1.807, 2.05) is 0 Å². The van der Waals surface area contributed by atoms with Gasteiger partial charge in [0, 0.05) is 25.2 Å². The van der Waals surface area contributed by atoms with Crippen LogP contribution in [-0.2, 0) is 0 Å². The van der Waals surface area contributed by atoms with Crippen LogP contribution in [0.2, 0.25) is 0 Å². The van der Waals surface area contributed by atoms with Crippen molar-refractivity contribution in [2.24, 2.45) is 0 Å². The van der Waals surface area contributed by atoms with E-state index in [1.54, 1.807) is 0 Å². The van der Waals surface area contributed by atoms with E-state index in [9.17, 15) is 10.1 Å². The summed E-state index contributed by atoms with van der Waals surface area (Å²) in [5, 5.41) is 15.1. The summed E-state index contributed by atoms with van der Waals surface area (Å²) in [6, 6.07) is 1.14. The Labute approximate surface area is 103 Å². The van der Waals surface area contributed by atoms with E-state index in [-0.39, 0.29) is 9.92 Å². The lowest BCUT2D eigenvalue weighted by molar-refractivity contribution is -0.380. The highest BCUT2D eigenvalue weighted by molar-refractivity contribution is 7.18. The maximum absolute atomic E-state index is 10.6. The van der Waals surface area contributed by atoms with E-state index in [2.05, 4.69) is 15.2 Å². The lowest BCUT2D eigenvalue weighted by Gasteiger charge is -2.22. The van der Waals surface area contributed by atoms with Crippen molar-refractivity contribution >= 4 is 21.5 Å². The van der Waals surface area contributed by atoms with Gasteiger partial charge in [-0.15, -0.1) is 0 Å². The maximum Gasteiger partial charge on any atom is 0.345 e. The number of thiazole rings is 1. The molecule has 2 atom stereocenters. The van der Waals surface area contributed by atoms with Crippen molar-refractivity contribution in [2.45, 2.75) is 31.3 Å². The second-order valence-electron chi connectivity index (χ2n) is 4.61. The van der Waals surface area contributed by atoms with Gasteiger partial charge >= 0.3 is 5.00 Å². The third-order valence-electron chi connectivity index (χ3n) is 3.45. The standard InChI is InChI=1S/C10H14N4O2S/c15-14(16)9-5-11-10(17-9)13-4-3-7-1-2-8(6-13)12-7/h5,7-8,12H,1-4,6H2. The molecule has 2 aliphatic heterocycles. The molecule has 0 saturated carbocycles. The summed E-state index contributed by atoms with van der Waals surface area (Å²) < 4.78 is 0. The minimum Gasteiger partial charge on any atom is -0.346 e. The van der Waals surface area contributed by atoms with E-state index < -0.39 is 0 Å². The Balaban J connectivity index is 1.76. The molecular weight excluding hydrogens is 240 g/mol. The maximum atomic E-state index is 10.6. The summed E-state index contributed by atoms with van der Waals surface area (Å²) in [6.45, 7) is 1.86. The van der Waals surface area contributed by atoms with Crippen molar-refractivity contribution in [3.05, 3.63) is 16.3 Å². The number of nitrogens with zero attached hydrogens (tertiary/aromatic N) is 3. The van der Waals surface area contributed by atoms with Gasteiger partial charge in [0.25, 0.3) is 0 Å². The number of fused-ring (bicyclic) bond motifs is 2. The second-order valence-corrected chi connectivity index (χ2v) is 5.60. The molecule has 0 amide bonds. The van der Waals surface area contributed by atoms with Gasteiger partial charge in [-0.1, -0.05) is 0 Å². The van der Waals surface area contributed by atoms with Crippen molar-refractivity contribution in [3.8, 4) is 0 Å².